The highest BCUT2D eigenvalue weighted by Gasteiger charge is 2.47. The third kappa shape index (κ3) is 3.30. The first-order valence-electron chi connectivity index (χ1n) is 11.4. The van der Waals surface area contributed by atoms with Crippen molar-refractivity contribution in [3.8, 4) is 17.0 Å². The molecule has 5 aromatic rings. The summed E-state index contributed by atoms with van der Waals surface area (Å²) in [6.07, 6.45) is 7.37. The number of rotatable bonds is 5. The third-order valence-electron chi connectivity index (χ3n) is 6.75. The van der Waals surface area contributed by atoms with Crippen LogP contribution < -0.4 is 10.1 Å². The number of methoxy groups -OCH3 is 1. The molecule has 1 aliphatic carbocycles. The Morgan fingerprint density at radius 3 is 2.76 bits per heavy atom. The fourth-order valence-electron chi connectivity index (χ4n) is 4.73. The lowest BCUT2D eigenvalue weighted by Crippen LogP contribution is -2.35. The van der Waals surface area contributed by atoms with E-state index in [4.69, 9.17) is 4.74 Å². The van der Waals surface area contributed by atoms with Crippen LogP contribution in [0.15, 0.2) is 79.4 Å². The summed E-state index contributed by atoms with van der Waals surface area (Å²) in [4.78, 5) is 22.7. The maximum absolute atomic E-state index is 13.4. The van der Waals surface area contributed by atoms with Crippen molar-refractivity contribution in [2.45, 2.75) is 25.3 Å². The van der Waals surface area contributed by atoms with Crippen molar-refractivity contribution in [2.75, 3.05) is 7.11 Å². The van der Waals surface area contributed by atoms with Gasteiger partial charge in [0.15, 0.2) is 0 Å². The molecule has 0 aliphatic heterocycles. The van der Waals surface area contributed by atoms with Crippen molar-refractivity contribution < 1.29 is 9.53 Å². The van der Waals surface area contributed by atoms with E-state index in [1.54, 1.807) is 19.4 Å². The fraction of sp³-hybridized carbons (Fsp3) is 0.179. The van der Waals surface area contributed by atoms with Crippen LogP contribution in [0.1, 0.15) is 34.3 Å². The van der Waals surface area contributed by atoms with Crippen LogP contribution in [0.5, 0.6) is 5.75 Å². The summed E-state index contributed by atoms with van der Waals surface area (Å²) in [6.45, 7) is 1.94. The van der Waals surface area contributed by atoms with Gasteiger partial charge < -0.3 is 14.5 Å². The quantitative estimate of drug-likeness (QED) is 0.397. The second-order valence-electron chi connectivity index (χ2n) is 8.90. The summed E-state index contributed by atoms with van der Waals surface area (Å²) in [5, 5.41) is 4.40. The second-order valence-corrected chi connectivity index (χ2v) is 8.90. The number of pyridine rings is 2. The Morgan fingerprint density at radius 2 is 1.94 bits per heavy atom. The van der Waals surface area contributed by atoms with Crippen LogP contribution in [0.2, 0.25) is 0 Å². The molecular formula is C28H24N4O2. The predicted octanol–water partition coefficient (Wildman–Crippen LogP) is 5.29. The van der Waals surface area contributed by atoms with E-state index >= 15 is 0 Å². The highest BCUT2D eigenvalue weighted by Crippen LogP contribution is 2.49. The number of imidazole rings is 1. The first-order chi connectivity index (χ1) is 16.6. The zero-order valence-corrected chi connectivity index (χ0v) is 19.1. The number of amides is 1. The molecule has 1 amide bonds. The Labute approximate surface area is 197 Å². The van der Waals surface area contributed by atoms with Crippen molar-refractivity contribution in [3.63, 3.8) is 0 Å². The van der Waals surface area contributed by atoms with Gasteiger partial charge in [0, 0.05) is 28.9 Å². The number of aromatic nitrogens is 3. The highest BCUT2D eigenvalue weighted by molar-refractivity contribution is 5.98. The topological polar surface area (TPSA) is 68.5 Å². The van der Waals surface area contributed by atoms with Crippen LogP contribution in [0.4, 0.5) is 0 Å². The van der Waals surface area contributed by atoms with Gasteiger partial charge in [-0.25, -0.2) is 4.98 Å². The van der Waals surface area contributed by atoms with Gasteiger partial charge >= 0.3 is 0 Å². The molecule has 3 aromatic heterocycles. The van der Waals surface area contributed by atoms with E-state index in [0.29, 0.717) is 11.3 Å². The van der Waals surface area contributed by atoms with Gasteiger partial charge in [-0.05, 0) is 73.4 Å². The molecular weight excluding hydrogens is 424 g/mol. The van der Waals surface area contributed by atoms with Gasteiger partial charge in [-0.2, -0.15) is 0 Å². The van der Waals surface area contributed by atoms with Crippen LogP contribution in [-0.2, 0) is 5.54 Å². The molecule has 3 heterocycles. The molecule has 0 spiro atoms. The zero-order chi connectivity index (χ0) is 23.3. The minimum atomic E-state index is -0.431. The molecule has 1 aliphatic rings. The molecule has 168 valence electrons. The number of nitrogens with one attached hydrogen (secondary N) is 1. The Balaban J connectivity index is 1.46. The largest absolute Gasteiger partial charge is 0.497 e. The second kappa shape index (κ2) is 7.70. The summed E-state index contributed by atoms with van der Waals surface area (Å²) < 4.78 is 7.35. The van der Waals surface area contributed by atoms with Gasteiger partial charge in [-0.3, -0.25) is 9.78 Å². The maximum atomic E-state index is 13.4. The van der Waals surface area contributed by atoms with Crippen molar-refractivity contribution in [1.82, 2.24) is 19.7 Å². The molecule has 0 radical (unpaired) electrons. The molecule has 1 saturated carbocycles. The average Bonchev–Trinajstić information content (AvgIpc) is 3.51. The Morgan fingerprint density at radius 1 is 1.06 bits per heavy atom. The van der Waals surface area contributed by atoms with E-state index in [-0.39, 0.29) is 5.91 Å². The van der Waals surface area contributed by atoms with Crippen LogP contribution in [0, 0.1) is 6.92 Å². The van der Waals surface area contributed by atoms with Crippen LogP contribution in [0.25, 0.3) is 27.7 Å². The monoisotopic (exact) mass is 448 g/mol. The molecule has 6 rings (SSSR count). The van der Waals surface area contributed by atoms with Crippen LogP contribution in [0.3, 0.4) is 0 Å². The van der Waals surface area contributed by atoms with Gasteiger partial charge in [0.25, 0.3) is 5.91 Å². The summed E-state index contributed by atoms with van der Waals surface area (Å²) in [5.41, 5.74) is 6.02. The molecule has 2 aromatic carbocycles. The van der Waals surface area contributed by atoms with Crippen molar-refractivity contribution in [1.29, 1.82) is 0 Å². The third-order valence-corrected chi connectivity index (χ3v) is 6.75. The summed E-state index contributed by atoms with van der Waals surface area (Å²) in [6, 6.07) is 19.9. The van der Waals surface area contributed by atoms with Gasteiger partial charge in [-0.1, -0.05) is 18.2 Å². The van der Waals surface area contributed by atoms with Crippen molar-refractivity contribution in [2.24, 2.45) is 0 Å². The van der Waals surface area contributed by atoms with Crippen LogP contribution >= 0.6 is 0 Å². The highest BCUT2D eigenvalue weighted by atomic mass is 16.5. The first kappa shape index (κ1) is 20.4. The Kier molecular flexibility index (Phi) is 4.62. The first-order valence-corrected chi connectivity index (χ1v) is 11.4. The number of hydrogen-bond acceptors (Lipinski definition) is 4. The van der Waals surface area contributed by atoms with E-state index in [1.807, 2.05) is 54.2 Å². The molecule has 1 fully saturated rings. The van der Waals surface area contributed by atoms with E-state index in [1.165, 1.54) is 0 Å². The summed E-state index contributed by atoms with van der Waals surface area (Å²) in [7, 11) is 1.61. The maximum Gasteiger partial charge on any atom is 0.252 e. The smallest absolute Gasteiger partial charge is 0.252 e. The lowest BCUT2D eigenvalue weighted by atomic mass is 9.94. The molecule has 0 saturated heterocycles. The molecule has 0 unspecified atom stereocenters. The number of fused-ring (bicyclic) bond motifs is 2. The molecule has 6 nitrogen and oxygen atoms in total. The van der Waals surface area contributed by atoms with Gasteiger partial charge in [0.2, 0.25) is 0 Å². The van der Waals surface area contributed by atoms with E-state index in [0.717, 1.165) is 51.6 Å². The molecule has 0 bridgehead atoms. The number of nitrogens with zero attached hydrogens (tertiary/aromatic N) is 3. The van der Waals surface area contributed by atoms with Gasteiger partial charge in [-0.15, -0.1) is 0 Å². The molecule has 0 atom stereocenters. The molecule has 1 N–H and O–H groups in total. The number of benzene rings is 2. The average molecular weight is 449 g/mol. The SMILES string of the molecule is COc1ccc(C)c(C(=O)NC2(c3cc(-c4ncn5ccccc45)cc4ncccc34)CC2)c1. The Bertz CT molecular complexity index is 1570. The number of aryl methyl sites for hydroxylation is 1. The fourth-order valence-corrected chi connectivity index (χ4v) is 4.73. The van der Waals surface area contributed by atoms with E-state index in [9.17, 15) is 4.79 Å². The zero-order valence-electron chi connectivity index (χ0n) is 19.1. The van der Waals surface area contributed by atoms with Gasteiger partial charge in [0.05, 0.1) is 35.7 Å². The summed E-state index contributed by atoms with van der Waals surface area (Å²) >= 11 is 0. The Hall–Kier alpha value is -4.19. The lowest BCUT2D eigenvalue weighted by Gasteiger charge is -2.22. The molecule has 34 heavy (non-hydrogen) atoms. The molecule has 6 heteroatoms. The number of ether oxygens (including phenoxy) is 1. The van der Waals surface area contributed by atoms with E-state index in [2.05, 4.69) is 39.6 Å². The normalized spacial score (nSPS) is 14.3. The standard InChI is InChI=1S/C28H24N4O2/c1-18-8-9-20(34-2)16-22(18)27(33)31-28(10-11-28)23-14-19(15-24-21(23)6-5-12-29-24)26-25-7-3-4-13-32(25)17-30-26/h3-9,12-17H,10-11H2,1-2H3,(H,31,33). The number of carbonyl (C=O) groups is 1. The van der Waals surface area contributed by atoms with Crippen molar-refractivity contribution >= 4 is 22.3 Å². The summed E-state index contributed by atoms with van der Waals surface area (Å²) in [5.74, 6) is 0.577. The van der Waals surface area contributed by atoms with Gasteiger partial charge in [0.1, 0.15) is 5.75 Å². The predicted molar refractivity (Wildman–Crippen MR) is 132 cm³/mol. The van der Waals surface area contributed by atoms with E-state index < -0.39 is 5.54 Å². The van der Waals surface area contributed by atoms with Crippen molar-refractivity contribution in [3.05, 3.63) is 96.1 Å². The van der Waals surface area contributed by atoms with Crippen LogP contribution in [-0.4, -0.2) is 27.4 Å². The number of carbonyl (C=O) groups excluding carboxylic acids is 1. The lowest BCUT2D eigenvalue weighted by molar-refractivity contribution is 0.0930. The number of hydrogen-bond donors (Lipinski definition) is 1. The minimum Gasteiger partial charge on any atom is -0.497 e. The minimum absolute atomic E-state index is 0.0937.